The van der Waals surface area contributed by atoms with Crippen LogP contribution in [0.4, 0.5) is 20.2 Å². The average Bonchev–Trinajstić information content (AvgIpc) is 2.75. The second kappa shape index (κ2) is 8.27. The smallest absolute Gasteiger partial charge is 0.123 e. The highest BCUT2D eigenvalue weighted by Crippen LogP contribution is 2.34. The topological polar surface area (TPSA) is 33.6 Å². The summed E-state index contributed by atoms with van der Waals surface area (Å²) in [5, 5.41) is 3.42. The first kappa shape index (κ1) is 18.9. The molecule has 4 rings (SSSR count). The lowest BCUT2D eigenvalue weighted by molar-refractivity contribution is 0.414. The molecule has 29 heavy (non-hydrogen) atoms. The zero-order chi connectivity index (χ0) is 20.2. The van der Waals surface area contributed by atoms with Gasteiger partial charge in [0.2, 0.25) is 0 Å². The lowest BCUT2D eigenvalue weighted by atomic mass is 9.89. The Morgan fingerprint density at radius 2 is 1.59 bits per heavy atom. The van der Waals surface area contributed by atoms with E-state index in [1.807, 2.05) is 24.4 Å². The second-order valence-corrected chi connectivity index (χ2v) is 6.79. The maximum atomic E-state index is 13.3. The number of rotatable bonds is 5. The van der Waals surface area contributed by atoms with Crippen molar-refractivity contribution < 1.29 is 13.5 Å². The number of methoxy groups -OCH3 is 1. The average molecular weight is 390 g/mol. The fraction of sp³-hybridized carbons (Fsp3) is 0.125. The lowest BCUT2D eigenvalue weighted by Crippen LogP contribution is -2.12. The molecule has 0 fully saturated rings. The summed E-state index contributed by atoms with van der Waals surface area (Å²) in [6.45, 7) is 0. The molecule has 1 aliphatic carbocycles. The third kappa shape index (κ3) is 4.35. The van der Waals surface area contributed by atoms with Crippen molar-refractivity contribution in [3.8, 4) is 5.75 Å². The zero-order valence-corrected chi connectivity index (χ0v) is 16.0. The highest BCUT2D eigenvalue weighted by molar-refractivity contribution is 5.97. The minimum atomic E-state index is -0.289. The van der Waals surface area contributed by atoms with Gasteiger partial charge in [0.15, 0.2) is 0 Å². The van der Waals surface area contributed by atoms with Gasteiger partial charge in [0.05, 0.1) is 18.5 Å². The van der Waals surface area contributed by atoms with Gasteiger partial charge < -0.3 is 10.1 Å². The van der Waals surface area contributed by atoms with Crippen LogP contribution in [0.2, 0.25) is 0 Å². The summed E-state index contributed by atoms with van der Waals surface area (Å²) in [6.07, 6.45) is 3.45. The molecule has 1 N–H and O–H groups in total. The quantitative estimate of drug-likeness (QED) is 0.531. The summed E-state index contributed by atoms with van der Waals surface area (Å²) in [5.41, 5.74) is 5.65. The highest BCUT2D eigenvalue weighted by atomic mass is 19.1. The second-order valence-electron chi connectivity index (χ2n) is 6.79. The largest absolute Gasteiger partial charge is 0.497 e. The van der Waals surface area contributed by atoms with E-state index >= 15 is 0 Å². The van der Waals surface area contributed by atoms with Gasteiger partial charge in [0.25, 0.3) is 0 Å². The molecule has 0 saturated carbocycles. The molecule has 1 aliphatic rings. The van der Waals surface area contributed by atoms with Gasteiger partial charge in [0.1, 0.15) is 17.4 Å². The first-order valence-electron chi connectivity index (χ1n) is 9.35. The summed E-state index contributed by atoms with van der Waals surface area (Å²) < 4.78 is 31.8. The molecule has 0 radical (unpaired) electrons. The number of aryl methyl sites for hydroxylation is 1. The molecule has 0 heterocycles. The van der Waals surface area contributed by atoms with E-state index in [0.29, 0.717) is 5.69 Å². The van der Waals surface area contributed by atoms with E-state index in [1.54, 1.807) is 31.4 Å². The van der Waals surface area contributed by atoms with Crippen molar-refractivity contribution in [3.63, 3.8) is 0 Å². The monoisotopic (exact) mass is 390 g/mol. The zero-order valence-electron chi connectivity index (χ0n) is 16.0. The Bertz CT molecular complexity index is 1070. The van der Waals surface area contributed by atoms with Crippen LogP contribution in [0.25, 0.3) is 5.70 Å². The van der Waals surface area contributed by atoms with E-state index in [2.05, 4.69) is 10.3 Å². The van der Waals surface area contributed by atoms with Crippen LogP contribution < -0.4 is 10.1 Å². The van der Waals surface area contributed by atoms with Gasteiger partial charge in [-0.2, -0.15) is 0 Å². The third-order valence-electron chi connectivity index (χ3n) is 4.88. The number of aliphatic imine (C=N–C) groups is 1. The van der Waals surface area contributed by atoms with Gasteiger partial charge in [0, 0.05) is 17.5 Å². The first-order valence-corrected chi connectivity index (χ1v) is 9.35. The molecule has 0 aromatic heterocycles. The molecule has 0 spiro atoms. The van der Waals surface area contributed by atoms with Crippen molar-refractivity contribution in [1.29, 1.82) is 0 Å². The van der Waals surface area contributed by atoms with Crippen molar-refractivity contribution in [3.05, 3.63) is 95.1 Å². The van der Waals surface area contributed by atoms with Gasteiger partial charge in [-0.05, 0) is 90.7 Å². The highest BCUT2D eigenvalue weighted by Gasteiger charge is 2.19. The molecule has 5 heteroatoms. The van der Waals surface area contributed by atoms with E-state index in [0.717, 1.165) is 41.1 Å². The van der Waals surface area contributed by atoms with E-state index < -0.39 is 0 Å². The Morgan fingerprint density at radius 1 is 0.897 bits per heavy atom. The van der Waals surface area contributed by atoms with Crippen LogP contribution in [0, 0.1) is 11.6 Å². The normalized spacial score (nSPS) is 13.5. The Kier molecular flexibility index (Phi) is 5.38. The van der Waals surface area contributed by atoms with E-state index in [-0.39, 0.29) is 11.6 Å². The number of allylic oxidation sites excluding steroid dienone is 1. The molecule has 0 atom stereocenters. The summed E-state index contributed by atoms with van der Waals surface area (Å²) in [4.78, 5) is 4.51. The van der Waals surface area contributed by atoms with E-state index in [9.17, 15) is 8.78 Å². The van der Waals surface area contributed by atoms with E-state index in [4.69, 9.17) is 4.74 Å². The Morgan fingerprint density at radius 3 is 2.28 bits per heavy atom. The Balaban J connectivity index is 1.74. The predicted molar refractivity (Wildman–Crippen MR) is 113 cm³/mol. The van der Waals surface area contributed by atoms with Crippen LogP contribution in [0.3, 0.4) is 0 Å². The fourth-order valence-corrected chi connectivity index (χ4v) is 3.35. The van der Waals surface area contributed by atoms with Crippen molar-refractivity contribution in [2.24, 2.45) is 4.99 Å². The van der Waals surface area contributed by atoms with Crippen LogP contribution in [-0.4, -0.2) is 13.3 Å². The first-order chi connectivity index (χ1) is 14.1. The number of hydrogen-bond acceptors (Lipinski definition) is 3. The molecule has 0 unspecified atom stereocenters. The minimum Gasteiger partial charge on any atom is -0.497 e. The molecular formula is C24H20F2N2O. The molecule has 3 aromatic carbocycles. The van der Waals surface area contributed by atoms with Crippen molar-refractivity contribution in [2.75, 3.05) is 12.4 Å². The van der Waals surface area contributed by atoms with Gasteiger partial charge in [-0.25, -0.2) is 8.78 Å². The van der Waals surface area contributed by atoms with Gasteiger partial charge in [-0.1, -0.05) is 0 Å². The van der Waals surface area contributed by atoms with Crippen LogP contribution >= 0.6 is 0 Å². The molecule has 0 amide bonds. The summed E-state index contributed by atoms with van der Waals surface area (Å²) in [5.74, 6) is 0.243. The summed E-state index contributed by atoms with van der Waals surface area (Å²) in [6, 6.07) is 18.3. The number of hydrogen-bond donors (Lipinski definition) is 1. The van der Waals surface area contributed by atoms with Crippen LogP contribution in [0.15, 0.2) is 77.3 Å². The Hall–Kier alpha value is -3.47. The number of fused-ring (bicyclic) bond motifs is 1. The van der Waals surface area contributed by atoms with Crippen LogP contribution in [0.1, 0.15) is 17.5 Å². The summed E-state index contributed by atoms with van der Waals surface area (Å²) in [7, 11) is 1.65. The maximum absolute atomic E-state index is 13.3. The number of anilines is 1. The van der Waals surface area contributed by atoms with Crippen LogP contribution in [0.5, 0.6) is 5.75 Å². The van der Waals surface area contributed by atoms with Gasteiger partial charge >= 0.3 is 0 Å². The molecule has 3 aromatic rings. The van der Waals surface area contributed by atoms with Crippen molar-refractivity contribution in [2.45, 2.75) is 12.8 Å². The lowest BCUT2D eigenvalue weighted by Gasteiger charge is -2.23. The van der Waals surface area contributed by atoms with Gasteiger partial charge in [-0.15, -0.1) is 0 Å². The molecule has 3 nitrogen and oxygen atoms in total. The maximum Gasteiger partial charge on any atom is 0.123 e. The van der Waals surface area contributed by atoms with E-state index in [1.165, 1.54) is 29.8 Å². The number of benzene rings is 3. The minimum absolute atomic E-state index is 0.281. The SMILES string of the molecule is COc1ccc2c(c1)CCC(C=Nc1ccc(F)cc1)=C2Nc1ccc(F)cc1. The summed E-state index contributed by atoms with van der Waals surface area (Å²) >= 11 is 0. The molecule has 0 bridgehead atoms. The van der Waals surface area contributed by atoms with Crippen molar-refractivity contribution >= 4 is 23.3 Å². The Labute approximate surface area is 168 Å². The number of halogens is 2. The number of nitrogens with one attached hydrogen (secondary N) is 1. The van der Waals surface area contributed by atoms with Crippen molar-refractivity contribution in [1.82, 2.24) is 0 Å². The molecular weight excluding hydrogens is 370 g/mol. The predicted octanol–water partition coefficient (Wildman–Crippen LogP) is 6.15. The number of nitrogens with zero attached hydrogens (tertiary/aromatic N) is 1. The standard InChI is InChI=1S/C24H20F2N2O/c1-29-22-12-13-23-16(14-22)2-3-17(15-27-20-8-4-18(25)5-9-20)24(23)28-21-10-6-19(26)7-11-21/h4-15,28H,2-3H2,1H3. The molecule has 0 saturated heterocycles. The van der Waals surface area contributed by atoms with Gasteiger partial charge in [-0.3, -0.25) is 4.99 Å². The molecule has 0 aliphatic heterocycles. The number of ether oxygens (including phenoxy) is 1. The fourth-order valence-electron chi connectivity index (χ4n) is 3.35. The molecule has 146 valence electrons. The third-order valence-corrected chi connectivity index (χ3v) is 4.88. The van der Waals surface area contributed by atoms with Crippen LogP contribution in [-0.2, 0) is 6.42 Å².